The Kier molecular flexibility index (Phi) is 5.54. The number of nitrogens with one attached hydrogen (secondary N) is 2. The summed E-state index contributed by atoms with van der Waals surface area (Å²) in [6.07, 6.45) is 4.31. The maximum Gasteiger partial charge on any atom is 0.323 e. The average Bonchev–Trinajstić information content (AvgIpc) is 3.19. The van der Waals surface area contributed by atoms with Gasteiger partial charge in [-0.2, -0.15) is 5.26 Å². The molecule has 136 valence electrons. The van der Waals surface area contributed by atoms with Crippen molar-refractivity contribution in [3.05, 3.63) is 53.6 Å². The Hall–Kier alpha value is -3.57. The minimum absolute atomic E-state index is 0.255. The van der Waals surface area contributed by atoms with Gasteiger partial charge in [0.05, 0.1) is 41.0 Å². The standard InChI is InChI=1S/C18H14ClN5O3/c1-2-26-16-7-13(17-21-5-6-27-17)15(8-14(16)19)24-18(25)23-12-4-3-11(9-20)22-10-12/h3-8,10H,2H2,1H3,(H2,23,24,25). The predicted octanol–water partition coefficient (Wildman–Crippen LogP) is 4.30. The van der Waals surface area contributed by atoms with E-state index in [0.717, 1.165) is 0 Å². The molecule has 0 aliphatic heterocycles. The van der Waals surface area contributed by atoms with Gasteiger partial charge in [-0.15, -0.1) is 0 Å². The number of ether oxygens (including phenoxy) is 1. The Morgan fingerprint density at radius 1 is 1.33 bits per heavy atom. The fourth-order valence-corrected chi connectivity index (χ4v) is 2.49. The van der Waals surface area contributed by atoms with Gasteiger partial charge in [-0.1, -0.05) is 11.6 Å². The largest absolute Gasteiger partial charge is 0.492 e. The van der Waals surface area contributed by atoms with Gasteiger partial charge < -0.3 is 19.8 Å². The molecular formula is C18H14ClN5O3. The van der Waals surface area contributed by atoms with E-state index in [0.29, 0.717) is 40.2 Å². The Bertz CT molecular complexity index is 981. The molecule has 0 saturated carbocycles. The highest BCUT2D eigenvalue weighted by Crippen LogP contribution is 2.36. The first-order valence-electron chi connectivity index (χ1n) is 7.91. The van der Waals surface area contributed by atoms with E-state index in [1.807, 2.05) is 13.0 Å². The molecule has 27 heavy (non-hydrogen) atoms. The minimum atomic E-state index is -0.519. The molecule has 0 aliphatic rings. The Morgan fingerprint density at radius 3 is 2.81 bits per heavy atom. The summed E-state index contributed by atoms with van der Waals surface area (Å²) in [6.45, 7) is 2.27. The van der Waals surface area contributed by atoms with Crippen molar-refractivity contribution in [1.29, 1.82) is 5.26 Å². The zero-order valence-electron chi connectivity index (χ0n) is 14.2. The van der Waals surface area contributed by atoms with Gasteiger partial charge in [0.1, 0.15) is 23.8 Å². The second-order valence-corrected chi connectivity index (χ2v) is 5.63. The summed E-state index contributed by atoms with van der Waals surface area (Å²) in [5.74, 6) is 0.762. The van der Waals surface area contributed by atoms with Gasteiger partial charge in [0.25, 0.3) is 0 Å². The van der Waals surface area contributed by atoms with Gasteiger partial charge in [0.2, 0.25) is 5.89 Å². The van der Waals surface area contributed by atoms with E-state index in [4.69, 9.17) is 26.0 Å². The molecule has 0 saturated heterocycles. The smallest absolute Gasteiger partial charge is 0.323 e. The van der Waals surface area contributed by atoms with Crippen molar-refractivity contribution in [1.82, 2.24) is 9.97 Å². The molecule has 3 rings (SSSR count). The molecule has 0 aliphatic carbocycles. The number of halogens is 1. The van der Waals surface area contributed by atoms with Crippen LogP contribution in [0.25, 0.3) is 11.5 Å². The van der Waals surface area contributed by atoms with Crippen LogP contribution in [-0.4, -0.2) is 22.6 Å². The SMILES string of the molecule is CCOc1cc(-c2ncco2)c(NC(=O)Nc2ccc(C#N)nc2)cc1Cl. The lowest BCUT2D eigenvalue weighted by atomic mass is 10.1. The van der Waals surface area contributed by atoms with Crippen molar-refractivity contribution < 1.29 is 13.9 Å². The molecule has 0 unspecified atom stereocenters. The molecule has 1 aromatic carbocycles. The fraction of sp³-hybridized carbons (Fsp3) is 0.111. The van der Waals surface area contributed by atoms with Gasteiger partial charge in [0.15, 0.2) is 0 Å². The van der Waals surface area contributed by atoms with Gasteiger partial charge in [-0.05, 0) is 31.2 Å². The highest BCUT2D eigenvalue weighted by molar-refractivity contribution is 6.32. The summed E-state index contributed by atoms with van der Waals surface area (Å²) in [5.41, 5.74) is 1.60. The molecule has 2 amide bonds. The summed E-state index contributed by atoms with van der Waals surface area (Å²) in [5, 5.41) is 14.4. The van der Waals surface area contributed by atoms with Crippen LogP contribution in [0.1, 0.15) is 12.6 Å². The first-order valence-corrected chi connectivity index (χ1v) is 8.29. The maximum atomic E-state index is 12.3. The average molecular weight is 384 g/mol. The number of hydrogen-bond acceptors (Lipinski definition) is 6. The molecule has 0 radical (unpaired) electrons. The Balaban J connectivity index is 1.85. The number of nitriles is 1. The van der Waals surface area contributed by atoms with Gasteiger partial charge >= 0.3 is 6.03 Å². The van der Waals surface area contributed by atoms with Crippen molar-refractivity contribution in [2.24, 2.45) is 0 Å². The third-order valence-corrected chi connectivity index (χ3v) is 3.71. The third-order valence-electron chi connectivity index (χ3n) is 3.42. The number of hydrogen-bond donors (Lipinski definition) is 2. The van der Waals surface area contributed by atoms with Crippen LogP contribution < -0.4 is 15.4 Å². The van der Waals surface area contributed by atoms with Crippen LogP contribution in [0.5, 0.6) is 5.75 Å². The number of rotatable bonds is 5. The van der Waals surface area contributed by atoms with Crippen LogP contribution in [0.2, 0.25) is 5.02 Å². The number of amides is 2. The minimum Gasteiger partial charge on any atom is -0.492 e. The molecule has 2 N–H and O–H groups in total. The van der Waals surface area contributed by atoms with Crippen molar-refractivity contribution in [2.45, 2.75) is 6.92 Å². The highest BCUT2D eigenvalue weighted by Gasteiger charge is 2.16. The number of pyridine rings is 1. The van der Waals surface area contributed by atoms with E-state index in [1.165, 1.54) is 24.7 Å². The molecular weight excluding hydrogens is 370 g/mol. The number of anilines is 2. The first-order chi connectivity index (χ1) is 13.1. The van der Waals surface area contributed by atoms with Crippen LogP contribution in [0.3, 0.4) is 0 Å². The second kappa shape index (κ2) is 8.21. The lowest BCUT2D eigenvalue weighted by Crippen LogP contribution is -2.20. The Labute approximate surface area is 159 Å². The summed E-state index contributed by atoms with van der Waals surface area (Å²) in [4.78, 5) is 20.3. The van der Waals surface area contributed by atoms with E-state index < -0.39 is 6.03 Å². The summed E-state index contributed by atoms with van der Waals surface area (Å²) >= 11 is 6.23. The molecule has 0 bridgehead atoms. The van der Waals surface area contributed by atoms with Gasteiger partial charge in [-0.3, -0.25) is 0 Å². The topological polar surface area (TPSA) is 113 Å². The van der Waals surface area contributed by atoms with Crippen molar-refractivity contribution >= 4 is 29.0 Å². The Morgan fingerprint density at radius 2 is 2.19 bits per heavy atom. The number of carbonyl (C=O) groups is 1. The predicted molar refractivity (Wildman–Crippen MR) is 99.7 cm³/mol. The summed E-state index contributed by atoms with van der Waals surface area (Å²) in [7, 11) is 0. The number of nitrogens with zero attached hydrogens (tertiary/aromatic N) is 3. The van der Waals surface area contributed by atoms with Crippen LogP contribution in [0.4, 0.5) is 16.2 Å². The lowest BCUT2D eigenvalue weighted by molar-refractivity contribution is 0.262. The van der Waals surface area contributed by atoms with Crippen LogP contribution in [-0.2, 0) is 0 Å². The molecule has 9 heteroatoms. The number of urea groups is 1. The van der Waals surface area contributed by atoms with Crippen LogP contribution in [0, 0.1) is 11.3 Å². The van der Waals surface area contributed by atoms with E-state index in [-0.39, 0.29) is 5.69 Å². The van der Waals surface area contributed by atoms with Gasteiger partial charge in [0, 0.05) is 0 Å². The zero-order chi connectivity index (χ0) is 19.2. The van der Waals surface area contributed by atoms with E-state index in [1.54, 1.807) is 18.2 Å². The second-order valence-electron chi connectivity index (χ2n) is 5.22. The lowest BCUT2D eigenvalue weighted by Gasteiger charge is -2.13. The van der Waals surface area contributed by atoms with Crippen LogP contribution >= 0.6 is 11.6 Å². The molecule has 3 aromatic rings. The molecule has 2 heterocycles. The third kappa shape index (κ3) is 4.34. The molecule has 0 fully saturated rings. The van der Waals surface area contributed by atoms with Crippen LogP contribution in [0.15, 0.2) is 47.3 Å². The van der Waals surface area contributed by atoms with Crippen molar-refractivity contribution in [3.8, 4) is 23.3 Å². The summed E-state index contributed by atoms with van der Waals surface area (Å²) < 4.78 is 10.8. The molecule has 0 atom stereocenters. The fourth-order valence-electron chi connectivity index (χ4n) is 2.27. The number of benzene rings is 1. The molecule has 2 aromatic heterocycles. The quantitative estimate of drug-likeness (QED) is 0.678. The maximum absolute atomic E-state index is 12.3. The number of oxazole rings is 1. The highest BCUT2D eigenvalue weighted by atomic mass is 35.5. The summed E-state index contributed by atoms with van der Waals surface area (Å²) in [6, 6.07) is 7.67. The number of carbonyl (C=O) groups excluding carboxylic acids is 1. The van der Waals surface area contributed by atoms with Crippen molar-refractivity contribution in [2.75, 3.05) is 17.2 Å². The first kappa shape index (κ1) is 18.2. The van der Waals surface area contributed by atoms with Gasteiger partial charge in [-0.25, -0.2) is 14.8 Å². The normalized spacial score (nSPS) is 10.1. The zero-order valence-corrected chi connectivity index (χ0v) is 14.9. The van der Waals surface area contributed by atoms with E-state index in [9.17, 15) is 4.79 Å². The molecule has 0 spiro atoms. The number of aromatic nitrogens is 2. The van der Waals surface area contributed by atoms with Crippen molar-refractivity contribution in [3.63, 3.8) is 0 Å². The van der Waals surface area contributed by atoms with E-state index >= 15 is 0 Å². The monoisotopic (exact) mass is 383 g/mol. The van der Waals surface area contributed by atoms with E-state index in [2.05, 4.69) is 20.6 Å². The molecule has 8 nitrogen and oxygen atoms in total.